The van der Waals surface area contributed by atoms with Gasteiger partial charge >= 0.3 is 0 Å². The van der Waals surface area contributed by atoms with Crippen LogP contribution in [0.3, 0.4) is 0 Å². The first-order chi connectivity index (χ1) is 12.5. The van der Waals surface area contributed by atoms with Crippen LogP contribution in [0.5, 0.6) is 0 Å². The quantitative estimate of drug-likeness (QED) is 0.709. The lowest BCUT2D eigenvalue weighted by atomic mass is 10.0. The second kappa shape index (κ2) is 7.61. The Morgan fingerprint density at radius 2 is 2.12 bits per heavy atom. The van der Waals surface area contributed by atoms with Gasteiger partial charge in [0.05, 0.1) is 11.4 Å². The normalized spacial score (nSPS) is 12.5. The first kappa shape index (κ1) is 18.0. The van der Waals surface area contributed by atoms with Gasteiger partial charge in [0.15, 0.2) is 5.69 Å². The molecule has 7 heteroatoms. The van der Waals surface area contributed by atoms with E-state index >= 15 is 0 Å². The fourth-order valence-corrected chi connectivity index (χ4v) is 3.09. The van der Waals surface area contributed by atoms with Crippen LogP contribution in [0.25, 0.3) is 16.5 Å². The number of carbonyl (C=O) groups excluding carboxylic acids is 1. The number of pyridine rings is 1. The van der Waals surface area contributed by atoms with E-state index in [1.165, 1.54) is 0 Å². The van der Waals surface area contributed by atoms with Gasteiger partial charge < -0.3 is 11.1 Å². The predicted molar refractivity (Wildman–Crippen MR) is 101 cm³/mol. The number of hydrogen-bond acceptors (Lipinski definition) is 5. The second-order valence-electron chi connectivity index (χ2n) is 6.84. The molecule has 0 saturated carbocycles. The highest BCUT2D eigenvalue weighted by Gasteiger charge is 2.21. The minimum atomic E-state index is -0.244. The molecule has 0 spiro atoms. The zero-order valence-electron chi connectivity index (χ0n) is 15.3. The molecule has 0 saturated heterocycles. The van der Waals surface area contributed by atoms with Crippen LogP contribution in [0.15, 0.2) is 36.7 Å². The smallest absolute Gasteiger partial charge is 0.274 e. The summed E-state index contributed by atoms with van der Waals surface area (Å²) in [7, 11) is 0. The molecule has 0 radical (unpaired) electrons. The number of rotatable bonds is 6. The lowest BCUT2D eigenvalue weighted by Crippen LogP contribution is -2.41. The van der Waals surface area contributed by atoms with Crippen LogP contribution in [0.2, 0.25) is 0 Å². The van der Waals surface area contributed by atoms with Crippen molar-refractivity contribution in [2.75, 3.05) is 6.54 Å². The third-order valence-electron chi connectivity index (χ3n) is 4.37. The van der Waals surface area contributed by atoms with Crippen molar-refractivity contribution in [2.24, 2.45) is 11.7 Å². The van der Waals surface area contributed by atoms with Crippen molar-refractivity contribution in [1.29, 1.82) is 0 Å². The minimum Gasteiger partial charge on any atom is -0.347 e. The van der Waals surface area contributed by atoms with E-state index < -0.39 is 0 Å². The number of hydrogen-bond donors (Lipinski definition) is 2. The Hall–Kier alpha value is -2.80. The summed E-state index contributed by atoms with van der Waals surface area (Å²) in [5.41, 5.74) is 7.65. The number of benzene rings is 1. The molecule has 26 heavy (non-hydrogen) atoms. The molecule has 0 aliphatic heterocycles. The summed E-state index contributed by atoms with van der Waals surface area (Å²) in [6.07, 6.45) is 4.37. The third kappa shape index (κ3) is 3.57. The van der Waals surface area contributed by atoms with Crippen LogP contribution in [-0.4, -0.2) is 38.5 Å². The van der Waals surface area contributed by atoms with Gasteiger partial charge in [-0.05, 0) is 31.4 Å². The lowest BCUT2D eigenvalue weighted by Gasteiger charge is -2.18. The van der Waals surface area contributed by atoms with Gasteiger partial charge in [-0.2, -0.15) is 0 Å². The molecule has 2 heterocycles. The van der Waals surface area contributed by atoms with E-state index in [0.717, 1.165) is 22.9 Å². The Morgan fingerprint density at radius 3 is 2.85 bits per heavy atom. The van der Waals surface area contributed by atoms with Crippen LogP contribution < -0.4 is 11.1 Å². The van der Waals surface area contributed by atoms with Crippen molar-refractivity contribution in [3.63, 3.8) is 0 Å². The van der Waals surface area contributed by atoms with Crippen molar-refractivity contribution in [1.82, 2.24) is 25.3 Å². The molecule has 3 aromatic rings. The van der Waals surface area contributed by atoms with E-state index in [-0.39, 0.29) is 11.9 Å². The zero-order chi connectivity index (χ0) is 18.7. The van der Waals surface area contributed by atoms with Crippen molar-refractivity contribution in [2.45, 2.75) is 33.2 Å². The first-order valence-corrected chi connectivity index (χ1v) is 8.77. The maximum atomic E-state index is 12.6. The van der Waals surface area contributed by atoms with Crippen LogP contribution in [0, 0.1) is 12.8 Å². The summed E-state index contributed by atoms with van der Waals surface area (Å²) in [6.45, 7) is 6.44. The van der Waals surface area contributed by atoms with Crippen molar-refractivity contribution >= 4 is 16.7 Å². The van der Waals surface area contributed by atoms with Crippen LogP contribution in [0.1, 0.15) is 36.5 Å². The molecule has 0 aliphatic carbocycles. The van der Waals surface area contributed by atoms with Gasteiger partial charge in [0.2, 0.25) is 0 Å². The zero-order valence-corrected chi connectivity index (χ0v) is 15.3. The summed E-state index contributed by atoms with van der Waals surface area (Å²) in [6, 6.07) is 7.73. The number of nitrogens with one attached hydrogen (secondary N) is 1. The molecule has 1 unspecified atom stereocenters. The van der Waals surface area contributed by atoms with Gasteiger partial charge in [0.1, 0.15) is 0 Å². The standard InChI is InChI=1S/C19H24N6O/c1-12(2)9-15(10-20)22-19(26)18-13(3)25(24-23-18)17-6-4-5-14-11-21-8-7-16(14)17/h4-8,11-12,15H,9-10,20H2,1-3H3,(H,22,26). The molecule has 136 valence electrons. The highest BCUT2D eigenvalue weighted by molar-refractivity contribution is 5.94. The fourth-order valence-electron chi connectivity index (χ4n) is 3.09. The molecule has 0 bridgehead atoms. The Balaban J connectivity index is 1.91. The van der Waals surface area contributed by atoms with E-state index in [4.69, 9.17) is 5.73 Å². The summed E-state index contributed by atoms with van der Waals surface area (Å²) in [5, 5.41) is 13.3. The van der Waals surface area contributed by atoms with Crippen molar-refractivity contribution in [3.05, 3.63) is 48.0 Å². The first-order valence-electron chi connectivity index (χ1n) is 8.77. The van der Waals surface area contributed by atoms with E-state index in [1.54, 1.807) is 17.1 Å². The number of nitrogens with zero attached hydrogens (tertiary/aromatic N) is 4. The lowest BCUT2D eigenvalue weighted by molar-refractivity contribution is 0.0928. The van der Waals surface area contributed by atoms with Crippen molar-refractivity contribution in [3.8, 4) is 5.69 Å². The number of carbonyl (C=O) groups is 1. The molecule has 1 atom stereocenters. The van der Waals surface area contributed by atoms with Gasteiger partial charge in [0.25, 0.3) is 5.91 Å². The van der Waals surface area contributed by atoms with E-state index in [0.29, 0.717) is 23.9 Å². The molecule has 0 aliphatic rings. The SMILES string of the molecule is Cc1c(C(=O)NC(CN)CC(C)C)nnn1-c1cccc2cnccc12. The van der Waals surface area contributed by atoms with E-state index in [1.807, 2.05) is 31.2 Å². The number of amides is 1. The fraction of sp³-hybridized carbons (Fsp3) is 0.368. The molecule has 3 N–H and O–H groups in total. The number of nitrogens with two attached hydrogens (primary N) is 1. The van der Waals surface area contributed by atoms with Gasteiger partial charge in [-0.15, -0.1) is 5.10 Å². The molecule has 3 rings (SSSR count). The topological polar surface area (TPSA) is 98.7 Å². The summed E-state index contributed by atoms with van der Waals surface area (Å²) < 4.78 is 1.69. The number of fused-ring (bicyclic) bond motifs is 1. The summed E-state index contributed by atoms with van der Waals surface area (Å²) in [5.74, 6) is 0.205. The minimum absolute atomic E-state index is 0.0734. The number of aromatic nitrogens is 4. The predicted octanol–water partition coefficient (Wildman–Crippen LogP) is 2.23. The molecule has 1 aromatic carbocycles. The van der Waals surface area contributed by atoms with Gasteiger partial charge in [-0.3, -0.25) is 9.78 Å². The van der Waals surface area contributed by atoms with E-state index in [9.17, 15) is 4.79 Å². The van der Waals surface area contributed by atoms with Crippen molar-refractivity contribution < 1.29 is 4.79 Å². The molecule has 7 nitrogen and oxygen atoms in total. The average molecular weight is 352 g/mol. The van der Waals surface area contributed by atoms with Crippen LogP contribution in [0.4, 0.5) is 0 Å². The highest BCUT2D eigenvalue weighted by Crippen LogP contribution is 2.22. The Morgan fingerprint density at radius 1 is 1.31 bits per heavy atom. The average Bonchev–Trinajstić information content (AvgIpc) is 3.01. The molecule has 0 fully saturated rings. The van der Waals surface area contributed by atoms with Crippen LogP contribution >= 0.6 is 0 Å². The third-order valence-corrected chi connectivity index (χ3v) is 4.37. The summed E-state index contributed by atoms with van der Waals surface area (Å²) in [4.78, 5) is 16.8. The maximum absolute atomic E-state index is 12.6. The Labute approximate surface area is 152 Å². The van der Waals surface area contributed by atoms with Gasteiger partial charge in [0, 0.05) is 35.8 Å². The highest BCUT2D eigenvalue weighted by atomic mass is 16.2. The second-order valence-corrected chi connectivity index (χ2v) is 6.84. The van der Waals surface area contributed by atoms with Gasteiger partial charge in [-0.1, -0.05) is 31.2 Å². The summed E-state index contributed by atoms with van der Waals surface area (Å²) >= 11 is 0. The molecule has 2 aromatic heterocycles. The molecular weight excluding hydrogens is 328 g/mol. The molecule has 1 amide bonds. The molecular formula is C19H24N6O. The van der Waals surface area contributed by atoms with Crippen LogP contribution in [-0.2, 0) is 0 Å². The Kier molecular flexibility index (Phi) is 5.27. The van der Waals surface area contributed by atoms with E-state index in [2.05, 4.69) is 34.5 Å². The maximum Gasteiger partial charge on any atom is 0.274 e. The monoisotopic (exact) mass is 352 g/mol. The largest absolute Gasteiger partial charge is 0.347 e. The van der Waals surface area contributed by atoms with Gasteiger partial charge in [-0.25, -0.2) is 4.68 Å². The Bertz CT molecular complexity index is 912.